The van der Waals surface area contributed by atoms with Crippen molar-refractivity contribution in [3.8, 4) is 16.9 Å². The molecule has 0 saturated carbocycles. The van der Waals surface area contributed by atoms with Gasteiger partial charge in [0.1, 0.15) is 11.4 Å². The smallest absolute Gasteiger partial charge is 0.354 e. The fourth-order valence-corrected chi connectivity index (χ4v) is 8.82. The number of ether oxygens (including phenoxy) is 3. The minimum Gasteiger partial charge on any atom is -0.494 e. The molecule has 0 unspecified atom stereocenters. The van der Waals surface area contributed by atoms with Crippen LogP contribution in [0.1, 0.15) is 74.0 Å². The number of rotatable bonds is 13. The molecule has 56 heavy (non-hydrogen) atoms. The van der Waals surface area contributed by atoms with Crippen molar-refractivity contribution in [2.24, 2.45) is 7.05 Å². The number of anilines is 1. The molecule has 6 aromatic rings. The first-order chi connectivity index (χ1) is 26.8. The van der Waals surface area contributed by atoms with Crippen LogP contribution in [-0.4, -0.2) is 69.9 Å². The summed E-state index contributed by atoms with van der Waals surface area (Å²) in [4.78, 5) is 30.3. The summed E-state index contributed by atoms with van der Waals surface area (Å²) in [6, 6.07) is 13.2. The first kappa shape index (κ1) is 39.4. The molecule has 3 aromatic carbocycles. The maximum atomic E-state index is 15.4. The average molecular weight is 801 g/mol. The van der Waals surface area contributed by atoms with Gasteiger partial charge >= 0.3 is 5.97 Å². The highest BCUT2D eigenvalue weighted by molar-refractivity contribution is 6.35. The Hall–Kier alpha value is -4.81. The van der Waals surface area contributed by atoms with Gasteiger partial charge in [-0.15, -0.1) is 0 Å². The Kier molecular flexibility index (Phi) is 11.0. The number of methoxy groups -OCH3 is 2. The quantitative estimate of drug-likeness (QED) is 0.116. The number of nitrogens with zero attached hydrogens (tertiary/aromatic N) is 5. The van der Waals surface area contributed by atoms with E-state index >= 15 is 4.79 Å². The summed E-state index contributed by atoms with van der Waals surface area (Å²) < 4.78 is 22.8. The van der Waals surface area contributed by atoms with Crippen LogP contribution >= 0.6 is 23.2 Å². The van der Waals surface area contributed by atoms with E-state index in [9.17, 15) is 9.90 Å². The molecule has 1 aliphatic heterocycles. The molecule has 0 spiro atoms. The third kappa shape index (κ3) is 6.64. The number of hydrogen-bond donors (Lipinski definition) is 1. The largest absolute Gasteiger partial charge is 0.494 e. The molecule has 13 heteroatoms. The molecule has 3 aromatic heterocycles. The predicted molar refractivity (Wildman–Crippen MR) is 221 cm³/mol. The zero-order valence-corrected chi connectivity index (χ0v) is 34.6. The third-order valence-electron chi connectivity index (χ3n) is 11.0. The van der Waals surface area contributed by atoms with Gasteiger partial charge in [-0.3, -0.25) is 9.48 Å². The number of carbonyl (C=O) groups is 2. The Morgan fingerprint density at radius 1 is 0.964 bits per heavy atom. The SMILES string of the molecule is COCCn1c(C(=O)O)c(N2C[C@@H](C)n3c(c(CCCOc4cc(C)c(Cl)c(C)c4)c4ccc(Cl)c(-c5c(C)nn(C)c5C)c43)C2=O)c2cc(COC)ccc21. The summed E-state index contributed by atoms with van der Waals surface area (Å²) in [7, 11) is 5.11. The van der Waals surface area contributed by atoms with Gasteiger partial charge in [0.05, 0.1) is 47.3 Å². The summed E-state index contributed by atoms with van der Waals surface area (Å²) in [5, 5.41) is 18.4. The van der Waals surface area contributed by atoms with Gasteiger partial charge in [0.25, 0.3) is 5.91 Å². The minimum atomic E-state index is -1.13. The molecular formula is C43H47Cl2N5O6. The first-order valence-electron chi connectivity index (χ1n) is 18.7. The number of hydrogen-bond acceptors (Lipinski definition) is 6. The van der Waals surface area contributed by atoms with Crippen molar-refractivity contribution in [3.63, 3.8) is 0 Å². The fraction of sp³-hybridized carbons (Fsp3) is 0.372. The number of amides is 1. The van der Waals surface area contributed by atoms with Crippen LogP contribution in [0.25, 0.3) is 32.9 Å². The van der Waals surface area contributed by atoms with Gasteiger partial charge in [-0.05, 0) is 100 Å². The zero-order chi connectivity index (χ0) is 40.2. The summed E-state index contributed by atoms with van der Waals surface area (Å²) in [6.45, 7) is 11.5. The minimum absolute atomic E-state index is 0.0329. The number of fused-ring (bicyclic) bond motifs is 4. The molecule has 1 atom stereocenters. The second-order valence-electron chi connectivity index (χ2n) is 14.7. The van der Waals surface area contributed by atoms with Crippen molar-refractivity contribution >= 4 is 62.6 Å². The van der Waals surface area contributed by atoms with Gasteiger partial charge in [-0.1, -0.05) is 35.3 Å². The molecule has 0 fully saturated rings. The van der Waals surface area contributed by atoms with Crippen molar-refractivity contribution in [2.75, 3.05) is 38.9 Å². The van der Waals surface area contributed by atoms with Crippen LogP contribution in [-0.2, 0) is 36.1 Å². The van der Waals surface area contributed by atoms with Crippen LogP contribution in [0.15, 0.2) is 42.5 Å². The molecule has 1 amide bonds. The average Bonchev–Trinajstić information content (AvgIpc) is 3.75. The van der Waals surface area contributed by atoms with Crippen LogP contribution in [0.5, 0.6) is 5.75 Å². The van der Waals surface area contributed by atoms with E-state index in [1.807, 2.05) is 81.9 Å². The predicted octanol–water partition coefficient (Wildman–Crippen LogP) is 9.26. The second-order valence-corrected chi connectivity index (χ2v) is 15.5. The first-order valence-corrected chi connectivity index (χ1v) is 19.5. The van der Waals surface area contributed by atoms with E-state index in [2.05, 4.69) is 11.5 Å². The molecule has 4 heterocycles. The molecule has 11 nitrogen and oxygen atoms in total. The van der Waals surface area contributed by atoms with E-state index in [0.29, 0.717) is 66.5 Å². The number of carboxylic acids is 1. The van der Waals surface area contributed by atoms with E-state index in [1.54, 1.807) is 23.7 Å². The van der Waals surface area contributed by atoms with E-state index in [1.165, 1.54) is 0 Å². The standard InChI is InChI=1S/C43H47Cl2N5O6/c1-23-18-29(19-24(2)37(23)45)56-16-9-10-30-31-12-13-33(44)36(35-26(4)46-47(6)27(35)5)38(31)50-25(3)21-49(42(51)40(30)50)39-32-20-28(22-55-8)11-14-34(32)48(15-17-54-7)41(39)43(52)53/h11-14,18-20,25H,9-10,15-17,21-22H2,1-8H3,(H,52,53)/t25-/m1/s1. The molecule has 1 N–H and O–H groups in total. The fourth-order valence-electron chi connectivity index (χ4n) is 8.47. The molecule has 7 rings (SSSR count). The summed E-state index contributed by atoms with van der Waals surface area (Å²) in [5.74, 6) is -0.681. The lowest BCUT2D eigenvalue weighted by Gasteiger charge is -2.34. The van der Waals surface area contributed by atoms with Gasteiger partial charge in [0.15, 0.2) is 5.69 Å². The highest BCUT2D eigenvalue weighted by atomic mass is 35.5. The topological polar surface area (TPSA) is 113 Å². The maximum absolute atomic E-state index is 15.4. The zero-order valence-electron chi connectivity index (χ0n) is 33.0. The number of aromatic carboxylic acids is 1. The Morgan fingerprint density at radius 3 is 2.34 bits per heavy atom. The lowest BCUT2D eigenvalue weighted by molar-refractivity contribution is 0.0684. The van der Waals surface area contributed by atoms with Crippen LogP contribution in [0.2, 0.25) is 10.0 Å². The molecular weight excluding hydrogens is 753 g/mol. The van der Waals surface area contributed by atoms with Crippen LogP contribution in [0.4, 0.5) is 5.69 Å². The Labute approximate surface area is 336 Å². The number of carboxylic acid groups (broad SMARTS) is 1. The van der Waals surface area contributed by atoms with Gasteiger partial charge in [0, 0.05) is 73.0 Å². The van der Waals surface area contributed by atoms with E-state index < -0.39 is 5.97 Å². The Morgan fingerprint density at radius 2 is 1.70 bits per heavy atom. The third-order valence-corrected chi connectivity index (χ3v) is 11.9. The highest BCUT2D eigenvalue weighted by Crippen LogP contribution is 2.46. The van der Waals surface area contributed by atoms with Crippen molar-refractivity contribution in [3.05, 3.63) is 97.5 Å². The molecule has 0 saturated heterocycles. The van der Waals surface area contributed by atoms with Gasteiger partial charge in [-0.25, -0.2) is 4.79 Å². The summed E-state index contributed by atoms with van der Waals surface area (Å²) >= 11 is 13.5. The molecule has 0 bridgehead atoms. The van der Waals surface area contributed by atoms with E-state index in [4.69, 9.17) is 42.5 Å². The lowest BCUT2D eigenvalue weighted by Crippen LogP contribution is -2.43. The summed E-state index contributed by atoms with van der Waals surface area (Å²) in [5.41, 5.74) is 9.58. The Balaban J connectivity index is 1.42. The molecule has 0 radical (unpaired) electrons. The van der Waals surface area contributed by atoms with Crippen molar-refractivity contribution < 1.29 is 28.9 Å². The van der Waals surface area contributed by atoms with E-state index in [-0.39, 0.29) is 24.2 Å². The normalized spacial score (nSPS) is 14.4. The molecule has 294 valence electrons. The highest BCUT2D eigenvalue weighted by Gasteiger charge is 2.40. The monoisotopic (exact) mass is 799 g/mol. The van der Waals surface area contributed by atoms with Gasteiger partial charge in [-0.2, -0.15) is 5.10 Å². The number of halogens is 2. The van der Waals surface area contributed by atoms with Crippen LogP contribution in [0.3, 0.4) is 0 Å². The number of aromatic nitrogens is 4. The molecule has 1 aliphatic rings. The van der Waals surface area contributed by atoms with Crippen molar-refractivity contribution in [2.45, 2.75) is 66.7 Å². The second kappa shape index (κ2) is 15.6. The van der Waals surface area contributed by atoms with Crippen molar-refractivity contribution in [1.29, 1.82) is 0 Å². The van der Waals surface area contributed by atoms with E-state index in [0.717, 1.165) is 66.4 Å². The van der Waals surface area contributed by atoms with Crippen molar-refractivity contribution in [1.82, 2.24) is 18.9 Å². The maximum Gasteiger partial charge on any atom is 0.354 e. The number of aryl methyl sites for hydroxylation is 5. The number of carbonyl (C=O) groups excluding carboxylic acids is 1. The Bertz CT molecular complexity index is 2510. The lowest BCUT2D eigenvalue weighted by atomic mass is 9.98. The van der Waals surface area contributed by atoms with Crippen LogP contribution < -0.4 is 9.64 Å². The van der Waals surface area contributed by atoms with Gasteiger partial charge < -0.3 is 33.4 Å². The molecule has 0 aliphatic carbocycles. The van der Waals surface area contributed by atoms with Crippen LogP contribution in [0, 0.1) is 27.7 Å². The summed E-state index contributed by atoms with van der Waals surface area (Å²) in [6.07, 6.45) is 1.12. The number of benzene rings is 3. The van der Waals surface area contributed by atoms with Gasteiger partial charge in [0.2, 0.25) is 0 Å².